The van der Waals surface area contributed by atoms with Crippen molar-refractivity contribution in [3.05, 3.63) is 54.6 Å². The van der Waals surface area contributed by atoms with Crippen LogP contribution in [0.2, 0.25) is 0 Å². The van der Waals surface area contributed by atoms with E-state index in [-0.39, 0.29) is 5.92 Å². The van der Waals surface area contributed by atoms with Crippen LogP contribution in [0.3, 0.4) is 0 Å². The number of rotatable bonds is 3. The SMILES string of the molecule is CC(C#N)Cn1c(-c2ccccc2)nc2ccccc21. The van der Waals surface area contributed by atoms with Gasteiger partial charge in [-0.15, -0.1) is 0 Å². The van der Waals surface area contributed by atoms with E-state index >= 15 is 0 Å². The third-order valence-electron chi connectivity index (χ3n) is 3.36. The summed E-state index contributed by atoms with van der Waals surface area (Å²) >= 11 is 0. The Hall–Kier alpha value is -2.60. The zero-order valence-corrected chi connectivity index (χ0v) is 11.3. The highest BCUT2D eigenvalue weighted by atomic mass is 15.1. The van der Waals surface area contributed by atoms with Crippen molar-refractivity contribution < 1.29 is 0 Å². The molecule has 1 unspecified atom stereocenters. The molecule has 98 valence electrons. The van der Waals surface area contributed by atoms with E-state index in [0.717, 1.165) is 22.4 Å². The normalized spacial score (nSPS) is 12.2. The minimum Gasteiger partial charge on any atom is -0.323 e. The monoisotopic (exact) mass is 261 g/mol. The maximum absolute atomic E-state index is 9.08. The lowest BCUT2D eigenvalue weighted by Gasteiger charge is -2.10. The van der Waals surface area contributed by atoms with Crippen molar-refractivity contribution in [2.24, 2.45) is 5.92 Å². The molecule has 20 heavy (non-hydrogen) atoms. The zero-order chi connectivity index (χ0) is 13.9. The summed E-state index contributed by atoms with van der Waals surface area (Å²) in [5.41, 5.74) is 3.12. The molecule has 0 aliphatic carbocycles. The molecule has 1 atom stereocenters. The summed E-state index contributed by atoms with van der Waals surface area (Å²) in [4.78, 5) is 4.72. The highest BCUT2D eigenvalue weighted by Gasteiger charge is 2.13. The summed E-state index contributed by atoms with van der Waals surface area (Å²) in [6, 6.07) is 20.5. The van der Waals surface area contributed by atoms with E-state index in [1.165, 1.54) is 0 Å². The van der Waals surface area contributed by atoms with Gasteiger partial charge in [0.2, 0.25) is 0 Å². The van der Waals surface area contributed by atoms with Crippen molar-refractivity contribution in [3.63, 3.8) is 0 Å². The number of imidazole rings is 1. The Morgan fingerprint density at radius 1 is 1.10 bits per heavy atom. The highest BCUT2D eigenvalue weighted by Crippen LogP contribution is 2.25. The van der Waals surface area contributed by atoms with Crippen LogP contribution >= 0.6 is 0 Å². The number of benzene rings is 2. The second-order valence-corrected chi connectivity index (χ2v) is 4.93. The molecule has 0 fully saturated rings. The second-order valence-electron chi connectivity index (χ2n) is 4.93. The molecular formula is C17H15N3. The first kappa shape index (κ1) is 12.4. The molecular weight excluding hydrogens is 246 g/mol. The maximum atomic E-state index is 9.08. The first-order valence-corrected chi connectivity index (χ1v) is 6.70. The van der Waals surface area contributed by atoms with Crippen LogP contribution < -0.4 is 0 Å². The molecule has 0 spiro atoms. The molecule has 0 aliphatic rings. The Bertz CT molecular complexity index is 766. The largest absolute Gasteiger partial charge is 0.323 e. The van der Waals surface area contributed by atoms with Crippen LogP contribution in [0.25, 0.3) is 22.4 Å². The number of nitriles is 1. The smallest absolute Gasteiger partial charge is 0.141 e. The Labute approximate surface area is 118 Å². The highest BCUT2D eigenvalue weighted by molar-refractivity contribution is 5.80. The van der Waals surface area contributed by atoms with Gasteiger partial charge in [0.25, 0.3) is 0 Å². The maximum Gasteiger partial charge on any atom is 0.141 e. The van der Waals surface area contributed by atoms with Gasteiger partial charge in [-0.25, -0.2) is 4.98 Å². The minimum absolute atomic E-state index is 0.0462. The van der Waals surface area contributed by atoms with Gasteiger partial charge in [0.05, 0.1) is 23.0 Å². The lowest BCUT2D eigenvalue weighted by atomic mass is 10.2. The lowest BCUT2D eigenvalue weighted by Crippen LogP contribution is -2.07. The van der Waals surface area contributed by atoms with Crippen LogP contribution in [0, 0.1) is 17.2 Å². The quantitative estimate of drug-likeness (QED) is 0.718. The number of aromatic nitrogens is 2. The summed E-state index contributed by atoms with van der Waals surface area (Å²) in [5.74, 6) is 0.879. The fourth-order valence-electron chi connectivity index (χ4n) is 2.38. The van der Waals surface area contributed by atoms with E-state index in [0.29, 0.717) is 6.54 Å². The van der Waals surface area contributed by atoms with Gasteiger partial charge in [-0.3, -0.25) is 0 Å². The van der Waals surface area contributed by atoms with E-state index in [9.17, 15) is 0 Å². The zero-order valence-electron chi connectivity index (χ0n) is 11.3. The Balaban J connectivity index is 2.20. The standard InChI is InChI=1S/C17H15N3/c1-13(11-18)12-20-16-10-6-5-9-15(16)19-17(20)14-7-3-2-4-8-14/h2-10,13H,12H2,1H3. The van der Waals surface area contributed by atoms with Crippen LogP contribution in [0.5, 0.6) is 0 Å². The molecule has 0 N–H and O–H groups in total. The topological polar surface area (TPSA) is 41.6 Å². The van der Waals surface area contributed by atoms with Gasteiger partial charge in [-0.2, -0.15) is 5.26 Å². The molecule has 1 aromatic heterocycles. The Morgan fingerprint density at radius 2 is 1.80 bits per heavy atom. The van der Waals surface area contributed by atoms with Gasteiger partial charge in [-0.1, -0.05) is 42.5 Å². The van der Waals surface area contributed by atoms with E-state index < -0.39 is 0 Å². The molecule has 3 heteroatoms. The predicted octanol–water partition coefficient (Wildman–Crippen LogP) is 3.86. The molecule has 3 aromatic rings. The third-order valence-corrected chi connectivity index (χ3v) is 3.36. The van der Waals surface area contributed by atoms with Crippen LogP contribution in [0.4, 0.5) is 0 Å². The number of para-hydroxylation sites is 2. The summed E-state index contributed by atoms with van der Waals surface area (Å²) in [6.07, 6.45) is 0. The van der Waals surface area contributed by atoms with Gasteiger partial charge < -0.3 is 4.57 Å². The van der Waals surface area contributed by atoms with E-state index in [4.69, 9.17) is 10.2 Å². The molecule has 1 heterocycles. The van der Waals surface area contributed by atoms with Gasteiger partial charge in [0.1, 0.15) is 5.82 Å². The molecule has 0 saturated heterocycles. The van der Waals surface area contributed by atoms with Crippen LogP contribution in [-0.2, 0) is 6.54 Å². The van der Waals surface area contributed by atoms with Gasteiger partial charge in [0.15, 0.2) is 0 Å². The van der Waals surface area contributed by atoms with Crippen LogP contribution in [-0.4, -0.2) is 9.55 Å². The van der Waals surface area contributed by atoms with E-state index in [1.54, 1.807) is 0 Å². The first-order chi connectivity index (χ1) is 9.79. The molecule has 3 nitrogen and oxygen atoms in total. The molecule has 0 amide bonds. The number of hydrogen-bond donors (Lipinski definition) is 0. The fraction of sp³-hybridized carbons (Fsp3) is 0.176. The summed E-state index contributed by atoms with van der Waals surface area (Å²) in [5, 5.41) is 9.08. The number of fused-ring (bicyclic) bond motifs is 1. The van der Waals surface area contributed by atoms with Crippen molar-refractivity contribution >= 4 is 11.0 Å². The van der Waals surface area contributed by atoms with Crippen LogP contribution in [0.1, 0.15) is 6.92 Å². The van der Waals surface area contributed by atoms with E-state index in [2.05, 4.69) is 28.8 Å². The molecule has 0 radical (unpaired) electrons. The Kier molecular flexibility index (Phi) is 3.22. The average Bonchev–Trinajstić information content (AvgIpc) is 2.87. The predicted molar refractivity (Wildman–Crippen MR) is 79.9 cm³/mol. The number of hydrogen-bond acceptors (Lipinski definition) is 2. The lowest BCUT2D eigenvalue weighted by molar-refractivity contribution is 0.597. The van der Waals surface area contributed by atoms with Crippen molar-refractivity contribution in [2.45, 2.75) is 13.5 Å². The summed E-state index contributed by atoms with van der Waals surface area (Å²) in [7, 11) is 0. The average molecular weight is 261 g/mol. The molecule has 0 aliphatic heterocycles. The summed E-state index contributed by atoms with van der Waals surface area (Å²) < 4.78 is 2.14. The van der Waals surface area contributed by atoms with Gasteiger partial charge >= 0.3 is 0 Å². The minimum atomic E-state index is -0.0462. The third kappa shape index (κ3) is 2.17. The molecule has 0 saturated carbocycles. The van der Waals surface area contributed by atoms with E-state index in [1.807, 2.05) is 43.3 Å². The van der Waals surface area contributed by atoms with Crippen molar-refractivity contribution in [2.75, 3.05) is 0 Å². The van der Waals surface area contributed by atoms with Gasteiger partial charge in [0, 0.05) is 12.1 Å². The van der Waals surface area contributed by atoms with Gasteiger partial charge in [-0.05, 0) is 19.1 Å². The summed E-state index contributed by atoms with van der Waals surface area (Å²) in [6.45, 7) is 2.59. The number of nitrogens with zero attached hydrogens (tertiary/aromatic N) is 3. The fourth-order valence-corrected chi connectivity index (χ4v) is 2.38. The second kappa shape index (κ2) is 5.18. The van der Waals surface area contributed by atoms with Crippen LogP contribution in [0.15, 0.2) is 54.6 Å². The Morgan fingerprint density at radius 3 is 2.55 bits per heavy atom. The molecule has 0 bridgehead atoms. The molecule has 2 aromatic carbocycles. The van der Waals surface area contributed by atoms with Crippen molar-refractivity contribution in [1.29, 1.82) is 5.26 Å². The molecule has 3 rings (SSSR count). The van der Waals surface area contributed by atoms with Crippen molar-refractivity contribution in [1.82, 2.24) is 9.55 Å². The first-order valence-electron chi connectivity index (χ1n) is 6.70. The van der Waals surface area contributed by atoms with Crippen molar-refractivity contribution in [3.8, 4) is 17.5 Å².